The van der Waals surface area contributed by atoms with Crippen molar-refractivity contribution in [1.29, 1.82) is 0 Å². The fourth-order valence-electron chi connectivity index (χ4n) is 2.56. The zero-order valence-corrected chi connectivity index (χ0v) is 11.6. The Bertz CT molecular complexity index is 278. The van der Waals surface area contributed by atoms with Crippen LogP contribution in [0.3, 0.4) is 0 Å². The van der Waals surface area contributed by atoms with Crippen molar-refractivity contribution in [2.24, 2.45) is 0 Å². The topological polar surface area (TPSA) is 30.7 Å². The lowest BCUT2D eigenvalue weighted by Gasteiger charge is -2.42. The maximum Gasteiger partial charge on any atom is 0.115 e. The number of hydrogen-bond donors (Lipinski definition) is 1. The molecule has 0 radical (unpaired) electrons. The fourth-order valence-corrected chi connectivity index (χ4v) is 2.56. The van der Waals surface area contributed by atoms with Gasteiger partial charge in [-0.2, -0.15) is 0 Å². The number of quaternary nitrogens is 1. The van der Waals surface area contributed by atoms with E-state index in [4.69, 9.17) is 0 Å². The minimum Gasteiger partial charge on any atom is -0.633 e. The summed E-state index contributed by atoms with van der Waals surface area (Å²) in [6.07, 6.45) is 2.17. The molecule has 3 nitrogen and oxygen atoms in total. The Morgan fingerprint density at radius 3 is 2.00 bits per heavy atom. The van der Waals surface area contributed by atoms with Gasteiger partial charge in [0.25, 0.3) is 0 Å². The molecule has 0 saturated carbocycles. The van der Waals surface area contributed by atoms with E-state index in [0.29, 0.717) is 5.06 Å². The van der Waals surface area contributed by atoms with Crippen molar-refractivity contribution in [3.8, 4) is 0 Å². The van der Waals surface area contributed by atoms with Gasteiger partial charge in [0, 0.05) is 12.1 Å². The van der Waals surface area contributed by atoms with Gasteiger partial charge in [-0.3, -0.25) is 4.90 Å². The molecule has 0 spiro atoms. The third-order valence-electron chi connectivity index (χ3n) is 3.78. The van der Waals surface area contributed by atoms with Gasteiger partial charge >= 0.3 is 0 Å². The van der Waals surface area contributed by atoms with E-state index < -0.39 is 0 Å². The number of hydrogen-bond acceptors (Lipinski definition) is 2. The van der Waals surface area contributed by atoms with E-state index in [1.54, 1.807) is 0 Å². The van der Waals surface area contributed by atoms with Crippen molar-refractivity contribution >= 4 is 0 Å². The molecular formula is C13H26N2O. The predicted octanol–water partition coefficient (Wildman–Crippen LogP) is 1.21. The number of rotatable bonds is 4. The quantitative estimate of drug-likeness (QED) is 0.577. The van der Waals surface area contributed by atoms with Gasteiger partial charge in [0.15, 0.2) is 0 Å². The molecule has 0 aromatic heterocycles. The fraction of sp³-hybridized carbons (Fsp3) is 0.846. The summed E-state index contributed by atoms with van der Waals surface area (Å²) in [7, 11) is 0. The minimum absolute atomic E-state index is 0.286. The summed E-state index contributed by atoms with van der Waals surface area (Å²) in [6, 6.07) is 0. The molecule has 1 rings (SSSR count). The van der Waals surface area contributed by atoms with Crippen molar-refractivity contribution in [2.45, 2.75) is 52.6 Å². The second-order valence-corrected chi connectivity index (χ2v) is 5.81. The van der Waals surface area contributed by atoms with Gasteiger partial charge in [-0.1, -0.05) is 13.8 Å². The lowest BCUT2D eigenvalue weighted by atomic mass is 9.96. The Hall–Kier alpha value is -0.380. The lowest BCUT2D eigenvalue weighted by molar-refractivity contribution is -0.927. The first-order valence-corrected chi connectivity index (χ1v) is 6.25. The van der Waals surface area contributed by atoms with Gasteiger partial charge in [0.05, 0.1) is 0 Å². The smallest absolute Gasteiger partial charge is 0.115 e. The van der Waals surface area contributed by atoms with Crippen LogP contribution < -0.4 is 5.06 Å². The number of hydroxylamine groups is 2. The van der Waals surface area contributed by atoms with Crippen LogP contribution in [0.2, 0.25) is 0 Å². The largest absolute Gasteiger partial charge is 0.633 e. The lowest BCUT2D eigenvalue weighted by Crippen LogP contribution is -3.20. The number of nitrogens with zero attached hydrogens (tertiary/aromatic N) is 1. The predicted molar refractivity (Wildman–Crippen MR) is 68.4 cm³/mol. The highest BCUT2D eigenvalue weighted by Gasteiger charge is 2.45. The zero-order valence-electron chi connectivity index (χ0n) is 11.6. The zero-order chi connectivity index (χ0) is 12.6. The van der Waals surface area contributed by atoms with Crippen LogP contribution in [0.1, 0.15) is 41.5 Å². The molecule has 1 aliphatic heterocycles. The van der Waals surface area contributed by atoms with Crippen LogP contribution in [0.4, 0.5) is 0 Å². The number of nitrogens with one attached hydrogen (secondary N) is 1. The molecule has 1 N–H and O–H groups in total. The molecule has 1 aliphatic rings. The van der Waals surface area contributed by atoms with E-state index in [1.165, 1.54) is 5.57 Å². The van der Waals surface area contributed by atoms with Crippen LogP contribution in [0, 0.1) is 5.21 Å². The summed E-state index contributed by atoms with van der Waals surface area (Å²) >= 11 is 0. The molecule has 0 amide bonds. The third kappa shape index (κ3) is 2.31. The highest BCUT2D eigenvalue weighted by atomic mass is 16.5. The molecule has 16 heavy (non-hydrogen) atoms. The van der Waals surface area contributed by atoms with E-state index in [1.807, 2.05) is 13.8 Å². The van der Waals surface area contributed by atoms with Crippen molar-refractivity contribution in [1.82, 2.24) is 4.90 Å². The standard InChI is InChI=1S/C13H26N2O/c1-7-14(8-2)10-11-9-12(3,4)15(16)13(11,5)6/h9,15H,7-8,10H2,1-6H3. The average molecular weight is 226 g/mol. The highest BCUT2D eigenvalue weighted by molar-refractivity contribution is 5.24. The van der Waals surface area contributed by atoms with E-state index >= 15 is 0 Å². The molecule has 0 bridgehead atoms. The Kier molecular flexibility index (Phi) is 3.83. The first-order chi connectivity index (χ1) is 7.25. The molecule has 0 aromatic carbocycles. The summed E-state index contributed by atoms with van der Waals surface area (Å²) in [4.78, 5) is 2.36. The first kappa shape index (κ1) is 13.7. The molecule has 3 heteroatoms. The summed E-state index contributed by atoms with van der Waals surface area (Å²) in [6.45, 7) is 15.5. The van der Waals surface area contributed by atoms with E-state index in [0.717, 1.165) is 19.6 Å². The number of likely N-dealkylation sites (N-methyl/N-ethyl adjacent to an activating group) is 1. The van der Waals surface area contributed by atoms with Crippen LogP contribution >= 0.6 is 0 Å². The molecule has 0 aromatic rings. The van der Waals surface area contributed by atoms with Crippen molar-refractivity contribution in [2.75, 3.05) is 19.6 Å². The Morgan fingerprint density at radius 1 is 1.19 bits per heavy atom. The SMILES string of the molecule is CCN(CC)CC1=CC(C)(C)[NH+]([O-])C1(C)C. The van der Waals surface area contributed by atoms with Crippen molar-refractivity contribution in [3.05, 3.63) is 16.9 Å². The van der Waals surface area contributed by atoms with Gasteiger partial charge in [-0.25, -0.2) is 0 Å². The minimum atomic E-state index is -0.286. The normalized spacial score (nSPS) is 27.2. The van der Waals surface area contributed by atoms with Gasteiger partial charge in [0.1, 0.15) is 11.1 Å². The third-order valence-corrected chi connectivity index (χ3v) is 3.78. The van der Waals surface area contributed by atoms with Crippen LogP contribution in [0.5, 0.6) is 0 Å². The Balaban J connectivity index is 2.88. The van der Waals surface area contributed by atoms with E-state index in [9.17, 15) is 5.21 Å². The Morgan fingerprint density at radius 2 is 1.69 bits per heavy atom. The van der Waals surface area contributed by atoms with Crippen LogP contribution in [0.25, 0.3) is 0 Å². The summed E-state index contributed by atoms with van der Waals surface area (Å²) in [5.74, 6) is 0. The molecule has 1 unspecified atom stereocenters. The second kappa shape index (κ2) is 4.47. The van der Waals surface area contributed by atoms with E-state index in [-0.39, 0.29) is 11.1 Å². The van der Waals surface area contributed by atoms with Gasteiger partial charge in [-0.15, -0.1) is 0 Å². The average Bonchev–Trinajstić information content (AvgIpc) is 2.36. The van der Waals surface area contributed by atoms with Crippen molar-refractivity contribution in [3.63, 3.8) is 0 Å². The highest BCUT2D eigenvalue weighted by Crippen LogP contribution is 2.24. The maximum absolute atomic E-state index is 12.2. The first-order valence-electron chi connectivity index (χ1n) is 6.25. The maximum atomic E-state index is 12.2. The molecule has 0 saturated heterocycles. The van der Waals surface area contributed by atoms with Gasteiger partial charge in [-0.05, 0) is 46.9 Å². The molecule has 94 valence electrons. The van der Waals surface area contributed by atoms with Gasteiger partial charge < -0.3 is 10.3 Å². The van der Waals surface area contributed by atoms with E-state index in [2.05, 4.69) is 38.7 Å². The van der Waals surface area contributed by atoms with Gasteiger partial charge in [0.2, 0.25) is 0 Å². The molecular weight excluding hydrogens is 200 g/mol. The molecule has 0 fully saturated rings. The molecule has 0 aliphatic carbocycles. The summed E-state index contributed by atoms with van der Waals surface area (Å²) < 4.78 is 0. The monoisotopic (exact) mass is 226 g/mol. The van der Waals surface area contributed by atoms with Crippen LogP contribution in [-0.2, 0) is 0 Å². The second-order valence-electron chi connectivity index (χ2n) is 5.81. The molecule has 1 atom stereocenters. The van der Waals surface area contributed by atoms with Crippen LogP contribution in [0.15, 0.2) is 11.6 Å². The van der Waals surface area contributed by atoms with Crippen molar-refractivity contribution < 1.29 is 5.06 Å². The Labute approximate surface area is 99.7 Å². The summed E-state index contributed by atoms with van der Waals surface area (Å²) in [5.41, 5.74) is 0.712. The summed E-state index contributed by atoms with van der Waals surface area (Å²) in [5, 5.41) is 12.6. The molecule has 1 heterocycles. The van der Waals surface area contributed by atoms with Crippen LogP contribution in [-0.4, -0.2) is 35.6 Å².